The zero-order valence-electron chi connectivity index (χ0n) is 11.5. The summed E-state index contributed by atoms with van der Waals surface area (Å²) in [4.78, 5) is -0.168. The van der Waals surface area contributed by atoms with Gasteiger partial charge in [-0.25, -0.2) is 17.5 Å². The molecule has 2 rings (SSSR count). The van der Waals surface area contributed by atoms with Gasteiger partial charge in [-0.3, -0.25) is 0 Å². The Kier molecular flexibility index (Phi) is 4.78. The quantitative estimate of drug-likeness (QED) is 0.895. The van der Waals surface area contributed by atoms with Crippen LogP contribution < -0.4 is 4.72 Å². The number of benzene rings is 1. The molecule has 0 amide bonds. The largest absolute Gasteiger partial charge is 0.392 e. The summed E-state index contributed by atoms with van der Waals surface area (Å²) in [5.41, 5.74) is 0.211. The van der Waals surface area contributed by atoms with E-state index in [4.69, 9.17) is 0 Å². The molecule has 112 valence electrons. The highest BCUT2D eigenvalue weighted by molar-refractivity contribution is 7.89. The minimum absolute atomic E-state index is 0.106. The van der Waals surface area contributed by atoms with E-state index in [2.05, 4.69) is 11.6 Å². The highest BCUT2D eigenvalue weighted by Crippen LogP contribution is 2.25. The summed E-state index contributed by atoms with van der Waals surface area (Å²) in [5.74, 6) is -0.00207. The number of hydrogen-bond donors (Lipinski definition) is 2. The third-order valence-corrected chi connectivity index (χ3v) is 5.43. The van der Waals surface area contributed by atoms with Crippen LogP contribution in [0.3, 0.4) is 0 Å². The van der Waals surface area contributed by atoms with Crippen molar-refractivity contribution in [3.05, 3.63) is 29.6 Å². The summed E-state index contributed by atoms with van der Waals surface area (Å²) in [6.07, 6.45) is 3.57. The molecule has 0 spiro atoms. The number of hydrogen-bond acceptors (Lipinski definition) is 3. The molecule has 1 aromatic rings. The van der Waals surface area contributed by atoms with E-state index in [1.807, 2.05) is 0 Å². The lowest BCUT2D eigenvalue weighted by Gasteiger charge is -2.27. The van der Waals surface area contributed by atoms with Crippen molar-refractivity contribution < 1.29 is 17.9 Å². The Balaban J connectivity index is 2.20. The predicted octanol–water partition coefficient (Wildman–Crippen LogP) is 2.17. The van der Waals surface area contributed by atoms with Gasteiger partial charge in [0, 0.05) is 6.04 Å². The summed E-state index contributed by atoms with van der Waals surface area (Å²) in [6.45, 7) is 1.72. The molecule has 0 radical (unpaired) electrons. The van der Waals surface area contributed by atoms with Gasteiger partial charge in [0.2, 0.25) is 10.0 Å². The second-order valence-corrected chi connectivity index (χ2v) is 7.17. The first-order valence-electron chi connectivity index (χ1n) is 6.84. The van der Waals surface area contributed by atoms with Crippen LogP contribution in [0.15, 0.2) is 23.1 Å². The Morgan fingerprint density at radius 1 is 1.30 bits per heavy atom. The fourth-order valence-corrected chi connectivity index (χ4v) is 4.12. The molecule has 1 aliphatic rings. The average molecular weight is 301 g/mol. The average Bonchev–Trinajstić information content (AvgIpc) is 2.41. The Morgan fingerprint density at radius 3 is 2.55 bits per heavy atom. The van der Waals surface area contributed by atoms with Crippen molar-refractivity contribution >= 4 is 10.0 Å². The topological polar surface area (TPSA) is 66.4 Å². The molecule has 0 aliphatic heterocycles. The van der Waals surface area contributed by atoms with Crippen LogP contribution in [0.5, 0.6) is 0 Å². The molecule has 0 bridgehead atoms. The summed E-state index contributed by atoms with van der Waals surface area (Å²) in [5, 5.41) is 9.20. The Hall–Kier alpha value is -0.980. The molecule has 1 aromatic carbocycles. The maximum Gasteiger partial charge on any atom is 0.241 e. The van der Waals surface area contributed by atoms with Crippen molar-refractivity contribution in [2.45, 2.75) is 50.2 Å². The van der Waals surface area contributed by atoms with E-state index in [9.17, 15) is 17.9 Å². The first-order valence-corrected chi connectivity index (χ1v) is 8.32. The lowest BCUT2D eigenvalue weighted by molar-refractivity contribution is 0.278. The van der Waals surface area contributed by atoms with Gasteiger partial charge in [-0.15, -0.1) is 0 Å². The van der Waals surface area contributed by atoms with Crippen molar-refractivity contribution in [1.82, 2.24) is 4.72 Å². The molecule has 0 heterocycles. The minimum Gasteiger partial charge on any atom is -0.392 e. The van der Waals surface area contributed by atoms with Crippen LogP contribution in [0.2, 0.25) is 0 Å². The maximum absolute atomic E-state index is 13.3. The van der Waals surface area contributed by atoms with Gasteiger partial charge in [-0.05, 0) is 49.3 Å². The number of sulfonamides is 1. The van der Waals surface area contributed by atoms with Crippen LogP contribution in [0.4, 0.5) is 4.39 Å². The van der Waals surface area contributed by atoms with Crippen molar-refractivity contribution in [3.8, 4) is 0 Å². The van der Waals surface area contributed by atoms with Crippen LogP contribution in [-0.2, 0) is 16.6 Å². The standard InChI is InChI=1S/C14H20FNO3S/c1-10-2-6-13(7-3-10)16-20(18,19)14-8-12(15)5-4-11(14)9-17/h4-5,8,10,13,16-17H,2-3,6-7,9H2,1H3. The van der Waals surface area contributed by atoms with E-state index in [1.165, 1.54) is 6.07 Å². The molecule has 2 N–H and O–H groups in total. The molecule has 20 heavy (non-hydrogen) atoms. The SMILES string of the molecule is CC1CCC(NS(=O)(=O)c2cc(F)ccc2CO)CC1. The van der Waals surface area contributed by atoms with Crippen molar-refractivity contribution in [2.24, 2.45) is 5.92 Å². The van der Waals surface area contributed by atoms with Crippen LogP contribution in [0, 0.1) is 11.7 Å². The number of halogens is 1. The van der Waals surface area contributed by atoms with Crippen LogP contribution in [-0.4, -0.2) is 19.6 Å². The molecule has 6 heteroatoms. The van der Waals surface area contributed by atoms with Gasteiger partial charge in [-0.1, -0.05) is 13.0 Å². The monoisotopic (exact) mass is 301 g/mol. The predicted molar refractivity (Wildman–Crippen MR) is 74.1 cm³/mol. The molecule has 4 nitrogen and oxygen atoms in total. The second-order valence-electron chi connectivity index (χ2n) is 5.49. The molecular formula is C14H20FNO3S. The molecule has 0 atom stereocenters. The van der Waals surface area contributed by atoms with E-state index in [0.29, 0.717) is 5.92 Å². The second kappa shape index (κ2) is 6.20. The number of aliphatic hydroxyl groups excluding tert-OH is 1. The highest BCUT2D eigenvalue weighted by atomic mass is 32.2. The van der Waals surface area contributed by atoms with Gasteiger partial charge in [0.05, 0.1) is 11.5 Å². The van der Waals surface area contributed by atoms with E-state index < -0.39 is 22.4 Å². The van der Waals surface area contributed by atoms with Gasteiger partial charge < -0.3 is 5.11 Å². The van der Waals surface area contributed by atoms with Gasteiger partial charge in [0.1, 0.15) is 5.82 Å². The lowest BCUT2D eigenvalue weighted by atomic mass is 9.88. The molecule has 1 aliphatic carbocycles. The molecule has 0 saturated heterocycles. The fourth-order valence-electron chi connectivity index (χ4n) is 2.57. The summed E-state index contributed by atoms with van der Waals surface area (Å²) < 4.78 is 40.5. The van der Waals surface area contributed by atoms with Crippen LogP contribution in [0.25, 0.3) is 0 Å². The molecular weight excluding hydrogens is 281 g/mol. The first kappa shape index (κ1) is 15.4. The van der Waals surface area contributed by atoms with Crippen molar-refractivity contribution in [3.63, 3.8) is 0 Å². The van der Waals surface area contributed by atoms with Crippen LogP contribution >= 0.6 is 0 Å². The Bertz CT molecular complexity index is 566. The molecule has 1 saturated carbocycles. The number of nitrogens with one attached hydrogen (secondary N) is 1. The summed E-state index contributed by atoms with van der Waals surface area (Å²) in [7, 11) is -3.79. The molecule has 0 unspecified atom stereocenters. The van der Waals surface area contributed by atoms with Crippen LogP contribution in [0.1, 0.15) is 38.2 Å². The normalized spacial score (nSPS) is 23.8. The van der Waals surface area contributed by atoms with E-state index in [0.717, 1.165) is 37.8 Å². The van der Waals surface area contributed by atoms with E-state index >= 15 is 0 Å². The Labute approximate surface area is 119 Å². The Morgan fingerprint density at radius 2 is 1.95 bits per heavy atom. The summed E-state index contributed by atoms with van der Waals surface area (Å²) >= 11 is 0. The number of aliphatic hydroxyl groups is 1. The third-order valence-electron chi connectivity index (χ3n) is 3.83. The fraction of sp³-hybridized carbons (Fsp3) is 0.571. The maximum atomic E-state index is 13.3. The zero-order valence-corrected chi connectivity index (χ0v) is 12.3. The third kappa shape index (κ3) is 3.56. The van der Waals surface area contributed by atoms with Gasteiger partial charge in [-0.2, -0.15) is 0 Å². The van der Waals surface area contributed by atoms with E-state index in [1.54, 1.807) is 0 Å². The van der Waals surface area contributed by atoms with E-state index in [-0.39, 0.29) is 16.5 Å². The van der Waals surface area contributed by atoms with Crippen molar-refractivity contribution in [2.75, 3.05) is 0 Å². The molecule has 1 fully saturated rings. The van der Waals surface area contributed by atoms with Gasteiger partial charge in [0.25, 0.3) is 0 Å². The van der Waals surface area contributed by atoms with Gasteiger partial charge in [0.15, 0.2) is 0 Å². The van der Waals surface area contributed by atoms with Crippen molar-refractivity contribution in [1.29, 1.82) is 0 Å². The summed E-state index contributed by atoms with van der Waals surface area (Å²) in [6, 6.07) is 3.30. The first-order chi connectivity index (χ1) is 9.42. The smallest absolute Gasteiger partial charge is 0.241 e. The lowest BCUT2D eigenvalue weighted by Crippen LogP contribution is -2.37. The van der Waals surface area contributed by atoms with Gasteiger partial charge >= 0.3 is 0 Å². The highest BCUT2D eigenvalue weighted by Gasteiger charge is 2.26. The molecule has 0 aromatic heterocycles. The minimum atomic E-state index is -3.79. The zero-order chi connectivity index (χ0) is 14.8. The number of rotatable bonds is 4.